The van der Waals surface area contributed by atoms with Crippen LogP contribution in [0.15, 0.2) is 54.9 Å². The molecule has 1 amide bonds. The zero-order valence-electron chi connectivity index (χ0n) is 14.5. The van der Waals surface area contributed by atoms with Gasteiger partial charge in [0.15, 0.2) is 6.61 Å². The predicted molar refractivity (Wildman–Crippen MR) is 94.6 cm³/mol. The first kappa shape index (κ1) is 18.5. The summed E-state index contributed by atoms with van der Waals surface area (Å²) in [5, 5.41) is 0.727. The molecule has 0 radical (unpaired) electrons. The number of likely N-dealkylation sites (N-methyl/N-ethyl adjacent to an activating group) is 1. The van der Waals surface area contributed by atoms with Crippen molar-refractivity contribution in [3.63, 3.8) is 0 Å². The molecule has 0 spiro atoms. The van der Waals surface area contributed by atoms with E-state index >= 15 is 0 Å². The number of alkyl halides is 2. The quantitative estimate of drug-likeness (QED) is 0.636. The maximum Gasteiger partial charge on any atom is 0.387 e. The first-order valence-corrected chi connectivity index (χ1v) is 8.13. The van der Waals surface area contributed by atoms with Crippen molar-refractivity contribution in [1.82, 2.24) is 14.9 Å². The lowest BCUT2D eigenvalue weighted by Crippen LogP contribution is -2.31. The van der Waals surface area contributed by atoms with Crippen LogP contribution in [0.1, 0.15) is 5.56 Å². The maximum atomic E-state index is 12.3. The number of nitrogens with zero attached hydrogens (tertiary/aromatic N) is 3. The monoisotopic (exact) mass is 373 g/mol. The Kier molecular flexibility index (Phi) is 5.75. The van der Waals surface area contributed by atoms with Crippen molar-refractivity contribution in [2.45, 2.75) is 13.2 Å². The Labute approximate surface area is 154 Å². The summed E-state index contributed by atoms with van der Waals surface area (Å²) in [5.74, 6) is 0.170. The lowest BCUT2D eigenvalue weighted by Gasteiger charge is -2.18. The second-order valence-electron chi connectivity index (χ2n) is 5.76. The predicted octanol–water partition coefficient (Wildman–Crippen LogP) is 3.27. The highest BCUT2D eigenvalue weighted by molar-refractivity contribution is 5.84. The Hall–Kier alpha value is -3.29. The third kappa shape index (κ3) is 4.87. The van der Waals surface area contributed by atoms with Gasteiger partial charge in [0.1, 0.15) is 12.1 Å². The smallest absolute Gasteiger partial charge is 0.387 e. The number of carbonyl (C=O) groups is 1. The van der Waals surface area contributed by atoms with Crippen molar-refractivity contribution in [3.8, 4) is 11.6 Å². The molecule has 27 heavy (non-hydrogen) atoms. The van der Waals surface area contributed by atoms with E-state index in [-0.39, 0.29) is 18.3 Å². The molecule has 0 aliphatic carbocycles. The van der Waals surface area contributed by atoms with E-state index in [1.807, 2.05) is 24.3 Å². The van der Waals surface area contributed by atoms with Gasteiger partial charge in [-0.3, -0.25) is 4.79 Å². The molecule has 8 heteroatoms. The molecule has 0 N–H and O–H groups in total. The molecule has 6 nitrogen and oxygen atoms in total. The molecule has 0 bridgehead atoms. The van der Waals surface area contributed by atoms with E-state index in [1.54, 1.807) is 19.2 Å². The fourth-order valence-electron chi connectivity index (χ4n) is 2.47. The first-order valence-electron chi connectivity index (χ1n) is 8.13. The minimum absolute atomic E-state index is 0.0710. The van der Waals surface area contributed by atoms with E-state index in [2.05, 4.69) is 14.7 Å². The lowest BCUT2D eigenvalue weighted by molar-refractivity contribution is -0.132. The van der Waals surface area contributed by atoms with E-state index in [0.29, 0.717) is 12.4 Å². The molecule has 0 aliphatic rings. The number of carbonyl (C=O) groups excluding carboxylic acids is 1. The topological polar surface area (TPSA) is 64.5 Å². The summed E-state index contributed by atoms with van der Waals surface area (Å²) in [6.07, 6.45) is 1.38. The molecule has 0 unspecified atom stereocenters. The molecule has 3 aromatic rings. The fraction of sp³-hybridized carbons (Fsp3) is 0.211. The number of ether oxygens (including phenoxy) is 2. The molecular formula is C19H17F2N3O3. The zero-order chi connectivity index (χ0) is 19.2. The summed E-state index contributed by atoms with van der Waals surface area (Å²) in [6.45, 7) is -2.73. The Balaban J connectivity index is 1.57. The number of benzene rings is 2. The highest BCUT2D eigenvalue weighted by Gasteiger charge is 2.13. The van der Waals surface area contributed by atoms with Gasteiger partial charge in [0.25, 0.3) is 5.91 Å². The Morgan fingerprint density at radius 2 is 1.85 bits per heavy atom. The van der Waals surface area contributed by atoms with Crippen LogP contribution in [0, 0.1) is 0 Å². The van der Waals surface area contributed by atoms with Gasteiger partial charge in [0.2, 0.25) is 5.88 Å². The molecule has 0 saturated carbocycles. The summed E-state index contributed by atoms with van der Waals surface area (Å²) >= 11 is 0. The molecule has 0 saturated heterocycles. The summed E-state index contributed by atoms with van der Waals surface area (Å²) in [4.78, 5) is 22.0. The summed E-state index contributed by atoms with van der Waals surface area (Å²) < 4.78 is 34.2. The average Bonchev–Trinajstić information content (AvgIpc) is 2.67. The normalized spacial score (nSPS) is 10.8. The molecule has 0 atom stereocenters. The minimum Gasteiger partial charge on any atom is -0.467 e. The minimum atomic E-state index is -2.87. The maximum absolute atomic E-state index is 12.3. The van der Waals surface area contributed by atoms with Crippen LogP contribution in [0.25, 0.3) is 10.9 Å². The summed E-state index contributed by atoms with van der Waals surface area (Å²) in [6, 6.07) is 13.5. The number of hydrogen-bond acceptors (Lipinski definition) is 5. The molecule has 3 rings (SSSR count). The van der Waals surface area contributed by atoms with E-state index in [4.69, 9.17) is 4.74 Å². The van der Waals surface area contributed by atoms with Crippen LogP contribution in [0.5, 0.6) is 11.6 Å². The molecule has 140 valence electrons. The van der Waals surface area contributed by atoms with Crippen molar-refractivity contribution in [1.29, 1.82) is 0 Å². The van der Waals surface area contributed by atoms with Crippen molar-refractivity contribution in [2.75, 3.05) is 13.7 Å². The molecule has 1 heterocycles. The van der Waals surface area contributed by atoms with Gasteiger partial charge < -0.3 is 14.4 Å². The van der Waals surface area contributed by atoms with Gasteiger partial charge in [0.05, 0.1) is 10.9 Å². The molecule has 0 aliphatic heterocycles. The average molecular weight is 373 g/mol. The molecule has 0 fully saturated rings. The SMILES string of the molecule is CN(Cc1ccc(OC(F)F)cc1)C(=O)COc1ncnc2ccccc12. The van der Waals surface area contributed by atoms with E-state index in [9.17, 15) is 13.6 Å². The van der Waals surface area contributed by atoms with E-state index in [0.717, 1.165) is 16.5 Å². The first-order chi connectivity index (χ1) is 13.0. The number of hydrogen-bond donors (Lipinski definition) is 0. The Bertz CT molecular complexity index is 914. The van der Waals surface area contributed by atoms with Crippen LogP contribution in [0.2, 0.25) is 0 Å². The van der Waals surface area contributed by atoms with Crippen LogP contribution in [0.4, 0.5) is 8.78 Å². The number of para-hydroxylation sites is 1. The van der Waals surface area contributed by atoms with Crippen LogP contribution in [-0.2, 0) is 11.3 Å². The van der Waals surface area contributed by atoms with Gasteiger partial charge in [-0.1, -0.05) is 24.3 Å². The van der Waals surface area contributed by atoms with Crippen LogP contribution >= 0.6 is 0 Å². The van der Waals surface area contributed by atoms with Gasteiger partial charge >= 0.3 is 6.61 Å². The largest absolute Gasteiger partial charge is 0.467 e. The molecule has 2 aromatic carbocycles. The number of amides is 1. The standard InChI is InChI=1S/C19H17F2N3O3/c1-24(10-13-6-8-14(9-7-13)27-19(20)21)17(25)11-26-18-15-4-2-3-5-16(15)22-12-23-18/h2-9,12,19H,10-11H2,1H3. The lowest BCUT2D eigenvalue weighted by atomic mass is 10.2. The van der Waals surface area contributed by atoms with Crippen LogP contribution in [-0.4, -0.2) is 41.0 Å². The van der Waals surface area contributed by atoms with Crippen molar-refractivity contribution >= 4 is 16.8 Å². The second kappa shape index (κ2) is 8.39. The van der Waals surface area contributed by atoms with Crippen molar-refractivity contribution in [3.05, 3.63) is 60.4 Å². The number of rotatable bonds is 7. The molecule has 1 aromatic heterocycles. The highest BCUT2D eigenvalue weighted by Crippen LogP contribution is 2.20. The highest BCUT2D eigenvalue weighted by atomic mass is 19.3. The van der Waals surface area contributed by atoms with Gasteiger partial charge in [0, 0.05) is 13.6 Å². The van der Waals surface area contributed by atoms with Gasteiger partial charge in [-0.25, -0.2) is 9.97 Å². The number of fused-ring (bicyclic) bond motifs is 1. The Morgan fingerprint density at radius 3 is 2.59 bits per heavy atom. The third-order valence-corrected chi connectivity index (χ3v) is 3.83. The van der Waals surface area contributed by atoms with Crippen LogP contribution in [0.3, 0.4) is 0 Å². The number of aromatic nitrogens is 2. The van der Waals surface area contributed by atoms with Crippen molar-refractivity contribution < 1.29 is 23.0 Å². The zero-order valence-corrected chi connectivity index (χ0v) is 14.5. The van der Waals surface area contributed by atoms with Crippen molar-refractivity contribution in [2.24, 2.45) is 0 Å². The summed E-state index contributed by atoms with van der Waals surface area (Å²) in [7, 11) is 1.63. The fourth-order valence-corrected chi connectivity index (χ4v) is 2.47. The Morgan fingerprint density at radius 1 is 1.11 bits per heavy atom. The number of halogens is 2. The van der Waals surface area contributed by atoms with Gasteiger partial charge in [-0.2, -0.15) is 8.78 Å². The van der Waals surface area contributed by atoms with E-state index in [1.165, 1.54) is 23.4 Å². The van der Waals surface area contributed by atoms with Crippen LogP contribution < -0.4 is 9.47 Å². The van der Waals surface area contributed by atoms with E-state index < -0.39 is 6.61 Å². The van der Waals surface area contributed by atoms with Gasteiger partial charge in [-0.15, -0.1) is 0 Å². The second-order valence-corrected chi connectivity index (χ2v) is 5.76. The molecular weight excluding hydrogens is 356 g/mol. The summed E-state index contributed by atoms with van der Waals surface area (Å²) in [5.41, 5.74) is 1.51. The van der Waals surface area contributed by atoms with Gasteiger partial charge in [-0.05, 0) is 29.8 Å². The third-order valence-electron chi connectivity index (χ3n) is 3.83.